The van der Waals surface area contributed by atoms with Crippen LogP contribution in [0.3, 0.4) is 0 Å². The Hall–Kier alpha value is -1.26. The van der Waals surface area contributed by atoms with E-state index in [0.29, 0.717) is 23.6 Å². The minimum atomic E-state index is 0.140. The number of rotatable bonds is 4. The molecule has 20 heavy (non-hydrogen) atoms. The Morgan fingerprint density at radius 3 is 2.80 bits per heavy atom. The maximum atomic E-state index is 10.1. The number of piperidine rings is 1. The van der Waals surface area contributed by atoms with Gasteiger partial charge in [0.05, 0.1) is 7.11 Å². The van der Waals surface area contributed by atoms with Crippen LogP contribution in [0.5, 0.6) is 11.5 Å². The number of hydrogen-bond donors (Lipinski definition) is 2. The first-order valence-corrected chi connectivity index (χ1v) is 7.34. The molecule has 2 rings (SSSR count). The van der Waals surface area contributed by atoms with Crippen molar-refractivity contribution in [1.29, 1.82) is 0 Å². The van der Waals surface area contributed by atoms with Crippen LogP contribution in [0, 0.1) is 0 Å². The summed E-state index contributed by atoms with van der Waals surface area (Å²) in [6, 6.07) is 6.76. The van der Waals surface area contributed by atoms with Gasteiger partial charge < -0.3 is 20.1 Å². The average Bonchev–Trinajstić information content (AvgIpc) is 2.42. The second-order valence-corrected chi connectivity index (χ2v) is 5.86. The number of nitrogens with zero attached hydrogens (tertiary/aromatic N) is 1. The van der Waals surface area contributed by atoms with Crippen molar-refractivity contribution in [1.82, 2.24) is 10.2 Å². The highest BCUT2D eigenvalue weighted by molar-refractivity contribution is 5.41. The zero-order valence-corrected chi connectivity index (χ0v) is 12.9. The summed E-state index contributed by atoms with van der Waals surface area (Å²) in [5, 5.41) is 13.7. The quantitative estimate of drug-likeness (QED) is 0.888. The lowest BCUT2D eigenvalue weighted by atomic mass is 9.97. The molecule has 1 fully saturated rings. The van der Waals surface area contributed by atoms with Crippen molar-refractivity contribution >= 4 is 0 Å². The highest BCUT2D eigenvalue weighted by Gasteiger charge is 2.24. The van der Waals surface area contributed by atoms with Crippen LogP contribution in [0.4, 0.5) is 0 Å². The van der Waals surface area contributed by atoms with E-state index in [0.717, 1.165) is 24.9 Å². The number of nitrogens with one attached hydrogen (secondary N) is 1. The van der Waals surface area contributed by atoms with Crippen LogP contribution in [0.15, 0.2) is 18.2 Å². The Bertz CT molecular complexity index is 450. The van der Waals surface area contributed by atoms with Gasteiger partial charge in [0.1, 0.15) is 11.5 Å². The van der Waals surface area contributed by atoms with Crippen molar-refractivity contribution in [2.45, 2.75) is 44.8 Å². The van der Waals surface area contributed by atoms with E-state index < -0.39 is 0 Å². The summed E-state index contributed by atoms with van der Waals surface area (Å²) < 4.78 is 5.12. The third-order valence-electron chi connectivity index (χ3n) is 4.40. The number of benzene rings is 1. The smallest absolute Gasteiger partial charge is 0.124 e. The standard InChI is InChI=1S/C16H26N2O2/c1-11-9-13(7-8-18(11)3)17-12(2)15-6-5-14(20-4)10-16(15)19/h5-6,10-13,17,19H,7-9H2,1-4H3. The predicted octanol–water partition coefficient (Wildman–Crippen LogP) is 2.53. The molecule has 1 saturated heterocycles. The average molecular weight is 278 g/mol. The molecule has 3 unspecified atom stereocenters. The second-order valence-electron chi connectivity index (χ2n) is 5.86. The van der Waals surface area contributed by atoms with Crippen molar-refractivity contribution in [2.24, 2.45) is 0 Å². The van der Waals surface area contributed by atoms with Gasteiger partial charge in [-0.2, -0.15) is 0 Å². The molecule has 3 atom stereocenters. The lowest BCUT2D eigenvalue weighted by Gasteiger charge is -2.36. The first kappa shape index (κ1) is 15.1. The molecule has 1 aromatic carbocycles. The lowest BCUT2D eigenvalue weighted by Crippen LogP contribution is -2.46. The number of methoxy groups -OCH3 is 1. The third kappa shape index (κ3) is 3.44. The van der Waals surface area contributed by atoms with E-state index in [-0.39, 0.29) is 6.04 Å². The number of phenolic OH excluding ortho intramolecular Hbond substituents is 1. The highest BCUT2D eigenvalue weighted by atomic mass is 16.5. The summed E-state index contributed by atoms with van der Waals surface area (Å²) in [6.45, 7) is 5.49. The van der Waals surface area contributed by atoms with Gasteiger partial charge in [0, 0.05) is 29.8 Å². The maximum absolute atomic E-state index is 10.1. The lowest BCUT2D eigenvalue weighted by molar-refractivity contribution is 0.163. The van der Waals surface area contributed by atoms with Crippen LogP contribution >= 0.6 is 0 Å². The SMILES string of the molecule is COc1ccc(C(C)NC2CCN(C)C(C)C2)c(O)c1. The normalized spacial score (nSPS) is 25.4. The molecule has 2 N–H and O–H groups in total. The maximum Gasteiger partial charge on any atom is 0.124 e. The van der Waals surface area contributed by atoms with Gasteiger partial charge in [-0.3, -0.25) is 0 Å². The van der Waals surface area contributed by atoms with Crippen LogP contribution in [0.1, 0.15) is 38.3 Å². The van der Waals surface area contributed by atoms with Crippen LogP contribution < -0.4 is 10.1 Å². The summed E-state index contributed by atoms with van der Waals surface area (Å²) in [6.07, 6.45) is 2.31. The van der Waals surface area contributed by atoms with Crippen molar-refractivity contribution < 1.29 is 9.84 Å². The molecule has 1 aromatic rings. The van der Waals surface area contributed by atoms with E-state index in [2.05, 4.69) is 31.1 Å². The van der Waals surface area contributed by atoms with Crippen molar-refractivity contribution in [3.63, 3.8) is 0 Å². The zero-order chi connectivity index (χ0) is 14.7. The Kier molecular flexibility index (Phi) is 4.89. The summed E-state index contributed by atoms with van der Waals surface area (Å²) >= 11 is 0. The molecule has 0 radical (unpaired) electrons. The molecule has 1 aliphatic heterocycles. The molecule has 0 bridgehead atoms. The summed E-state index contributed by atoms with van der Waals surface area (Å²) in [5.41, 5.74) is 0.928. The fraction of sp³-hybridized carbons (Fsp3) is 0.625. The summed E-state index contributed by atoms with van der Waals surface area (Å²) in [7, 11) is 3.79. The summed E-state index contributed by atoms with van der Waals surface area (Å²) in [5.74, 6) is 0.983. The number of aromatic hydroxyl groups is 1. The first-order valence-electron chi connectivity index (χ1n) is 7.34. The van der Waals surface area contributed by atoms with Gasteiger partial charge in [-0.1, -0.05) is 6.07 Å². The van der Waals surface area contributed by atoms with Gasteiger partial charge in [0.25, 0.3) is 0 Å². The van der Waals surface area contributed by atoms with Gasteiger partial charge in [-0.05, 0) is 46.3 Å². The van der Waals surface area contributed by atoms with E-state index >= 15 is 0 Å². The molecule has 0 aromatic heterocycles. The Morgan fingerprint density at radius 1 is 1.45 bits per heavy atom. The minimum Gasteiger partial charge on any atom is -0.507 e. The molecule has 112 valence electrons. The van der Waals surface area contributed by atoms with Gasteiger partial charge in [0.15, 0.2) is 0 Å². The molecule has 0 spiro atoms. The number of hydrogen-bond acceptors (Lipinski definition) is 4. The predicted molar refractivity (Wildman–Crippen MR) is 81.3 cm³/mol. The zero-order valence-electron chi connectivity index (χ0n) is 12.9. The van der Waals surface area contributed by atoms with Gasteiger partial charge in [-0.15, -0.1) is 0 Å². The Morgan fingerprint density at radius 2 is 2.20 bits per heavy atom. The number of phenols is 1. The topological polar surface area (TPSA) is 44.7 Å². The van der Waals surface area contributed by atoms with Crippen LogP contribution in [0.25, 0.3) is 0 Å². The minimum absolute atomic E-state index is 0.140. The molecular weight excluding hydrogens is 252 g/mol. The monoisotopic (exact) mass is 278 g/mol. The van der Waals surface area contributed by atoms with Crippen LogP contribution in [-0.4, -0.2) is 42.8 Å². The molecule has 0 amide bonds. The molecule has 1 aliphatic rings. The largest absolute Gasteiger partial charge is 0.507 e. The fourth-order valence-electron chi connectivity index (χ4n) is 2.90. The summed E-state index contributed by atoms with van der Waals surface area (Å²) in [4.78, 5) is 2.40. The van der Waals surface area contributed by atoms with E-state index in [1.807, 2.05) is 12.1 Å². The Labute approximate surface area is 121 Å². The van der Waals surface area contributed by atoms with Gasteiger partial charge >= 0.3 is 0 Å². The van der Waals surface area contributed by atoms with Gasteiger partial charge in [-0.25, -0.2) is 0 Å². The van der Waals surface area contributed by atoms with E-state index in [1.54, 1.807) is 13.2 Å². The molecule has 0 aliphatic carbocycles. The molecule has 4 nitrogen and oxygen atoms in total. The van der Waals surface area contributed by atoms with Gasteiger partial charge in [0.2, 0.25) is 0 Å². The van der Waals surface area contributed by atoms with Crippen molar-refractivity contribution in [3.05, 3.63) is 23.8 Å². The first-order chi connectivity index (χ1) is 9.51. The Balaban J connectivity index is 1.99. The van der Waals surface area contributed by atoms with Crippen molar-refractivity contribution in [3.8, 4) is 11.5 Å². The second kappa shape index (κ2) is 6.46. The molecule has 1 heterocycles. The van der Waals surface area contributed by atoms with Crippen LogP contribution in [-0.2, 0) is 0 Å². The molecule has 0 saturated carbocycles. The number of likely N-dealkylation sites (tertiary alicyclic amines) is 1. The fourth-order valence-corrected chi connectivity index (χ4v) is 2.90. The number of ether oxygens (including phenoxy) is 1. The highest BCUT2D eigenvalue weighted by Crippen LogP contribution is 2.29. The van der Waals surface area contributed by atoms with Crippen LogP contribution in [0.2, 0.25) is 0 Å². The van der Waals surface area contributed by atoms with E-state index in [9.17, 15) is 5.11 Å². The molecular formula is C16H26N2O2. The van der Waals surface area contributed by atoms with E-state index in [4.69, 9.17) is 4.74 Å². The third-order valence-corrected chi connectivity index (χ3v) is 4.40. The van der Waals surface area contributed by atoms with Crippen molar-refractivity contribution in [2.75, 3.05) is 20.7 Å². The molecule has 4 heteroatoms. The van der Waals surface area contributed by atoms with E-state index in [1.165, 1.54) is 0 Å².